The van der Waals surface area contributed by atoms with Gasteiger partial charge in [-0.3, -0.25) is 0 Å². The number of nitrogens with one attached hydrogen (secondary N) is 4. The van der Waals surface area contributed by atoms with Crippen LogP contribution in [-0.4, -0.2) is 33.5 Å². The van der Waals surface area contributed by atoms with E-state index in [1.807, 2.05) is 19.4 Å². The van der Waals surface area contributed by atoms with Gasteiger partial charge >= 0.3 is 0 Å². The van der Waals surface area contributed by atoms with Crippen LogP contribution in [-0.2, 0) is 13.1 Å². The van der Waals surface area contributed by atoms with Crippen LogP contribution in [0.4, 0.5) is 0 Å². The Hall–Kier alpha value is -3.48. The smallest absolute Gasteiger partial charge is 0.120 e. The van der Waals surface area contributed by atoms with Crippen molar-refractivity contribution < 1.29 is 0 Å². The Kier molecular flexibility index (Phi) is 10.9. The third-order valence-electron chi connectivity index (χ3n) is 5.97. The molecule has 0 bridgehead atoms. The first-order valence-electron chi connectivity index (χ1n) is 13.4. The van der Waals surface area contributed by atoms with Gasteiger partial charge < -0.3 is 20.6 Å². The van der Waals surface area contributed by atoms with Crippen molar-refractivity contribution in [1.29, 1.82) is 0 Å². The first-order valence-corrected chi connectivity index (χ1v) is 13.4. The highest BCUT2D eigenvalue weighted by molar-refractivity contribution is 5.83. The van der Waals surface area contributed by atoms with E-state index in [-0.39, 0.29) is 0 Å². The van der Waals surface area contributed by atoms with Crippen LogP contribution in [0.1, 0.15) is 63.3 Å². The summed E-state index contributed by atoms with van der Waals surface area (Å²) in [5, 5.41) is 6.52. The summed E-state index contributed by atoms with van der Waals surface area (Å²) < 4.78 is 0. The summed E-state index contributed by atoms with van der Waals surface area (Å²) >= 11 is 0. The molecular weight excluding hydrogens is 456 g/mol. The molecule has 2 aromatic heterocycles. The van der Waals surface area contributed by atoms with Crippen molar-refractivity contribution in [3.05, 3.63) is 77.6 Å². The van der Waals surface area contributed by atoms with E-state index >= 15 is 0 Å². The van der Waals surface area contributed by atoms with E-state index in [1.54, 1.807) is 0 Å². The molecule has 6 nitrogen and oxygen atoms in total. The molecule has 4 rings (SSSR count). The summed E-state index contributed by atoms with van der Waals surface area (Å²) in [5.41, 5.74) is 9.26. The van der Waals surface area contributed by atoms with Crippen LogP contribution < -0.4 is 10.6 Å². The first kappa shape index (κ1) is 28.1. The molecule has 4 N–H and O–H groups in total. The molecule has 0 aliphatic carbocycles. The highest BCUT2D eigenvalue weighted by Crippen LogP contribution is 2.34. The van der Waals surface area contributed by atoms with Gasteiger partial charge in [-0.1, -0.05) is 75.7 Å². The van der Waals surface area contributed by atoms with Crippen molar-refractivity contribution >= 4 is 6.08 Å². The summed E-state index contributed by atoms with van der Waals surface area (Å²) in [6.07, 6.45) is 10.5. The average molecular weight is 499 g/mol. The Morgan fingerprint density at radius 3 is 2.05 bits per heavy atom. The van der Waals surface area contributed by atoms with Gasteiger partial charge in [-0.15, -0.1) is 0 Å². The molecule has 0 atom stereocenters. The Bertz CT molecular complexity index is 1260. The van der Waals surface area contributed by atoms with E-state index in [0.29, 0.717) is 0 Å². The minimum absolute atomic E-state index is 0.726. The quantitative estimate of drug-likeness (QED) is 0.176. The number of rotatable bonds is 10. The molecule has 0 fully saturated rings. The van der Waals surface area contributed by atoms with E-state index in [1.165, 1.54) is 34.2 Å². The molecule has 0 spiro atoms. The van der Waals surface area contributed by atoms with Crippen molar-refractivity contribution in [1.82, 2.24) is 30.6 Å². The predicted molar refractivity (Wildman–Crippen MR) is 157 cm³/mol. The summed E-state index contributed by atoms with van der Waals surface area (Å²) in [4.78, 5) is 15.9. The number of imidazole rings is 2. The lowest BCUT2D eigenvalue weighted by Gasteiger charge is -2.14. The van der Waals surface area contributed by atoms with Crippen molar-refractivity contribution in [2.75, 3.05) is 13.6 Å². The van der Waals surface area contributed by atoms with Crippen LogP contribution in [0.25, 0.3) is 39.7 Å². The standard InChI is InChI=1S/C28H34N6.C3H8/c1-5-7-22-19(3)23(26-16-32-28(34-26)18-30-14-6-2)12-13-24(22)20-8-10-21(11-9-20)25-15-31-27(33-25)17-29-4;1-3-2/h5,7-13,15-16,29-30H,6,14,17-18H2,1-4H3,(H,31,33)(H,32,34);3H2,1-2H3/b7-5-;. The van der Waals surface area contributed by atoms with E-state index in [2.05, 4.69) is 114 Å². The molecule has 37 heavy (non-hydrogen) atoms. The number of aromatic nitrogens is 4. The van der Waals surface area contributed by atoms with Crippen LogP contribution in [0.15, 0.2) is 54.9 Å². The maximum absolute atomic E-state index is 4.57. The zero-order valence-corrected chi connectivity index (χ0v) is 23.2. The number of H-pyrrole nitrogens is 2. The van der Waals surface area contributed by atoms with Gasteiger partial charge in [0.05, 0.1) is 36.9 Å². The average Bonchev–Trinajstić information content (AvgIpc) is 3.57. The van der Waals surface area contributed by atoms with Gasteiger partial charge in [0.1, 0.15) is 11.6 Å². The number of nitrogens with zero attached hydrogens (tertiary/aromatic N) is 2. The van der Waals surface area contributed by atoms with Crippen molar-refractivity contribution in [3.63, 3.8) is 0 Å². The maximum atomic E-state index is 4.57. The van der Waals surface area contributed by atoms with E-state index in [0.717, 1.165) is 54.7 Å². The lowest BCUT2D eigenvalue weighted by Crippen LogP contribution is -2.14. The molecule has 6 heteroatoms. The van der Waals surface area contributed by atoms with Gasteiger partial charge in [0.15, 0.2) is 0 Å². The Morgan fingerprint density at radius 2 is 1.41 bits per heavy atom. The Morgan fingerprint density at radius 1 is 0.811 bits per heavy atom. The van der Waals surface area contributed by atoms with E-state index in [4.69, 9.17) is 0 Å². The number of hydrogen-bond donors (Lipinski definition) is 4. The van der Waals surface area contributed by atoms with Crippen LogP contribution in [0.3, 0.4) is 0 Å². The number of benzene rings is 2. The van der Waals surface area contributed by atoms with E-state index in [9.17, 15) is 0 Å². The lowest BCUT2D eigenvalue weighted by molar-refractivity contribution is 0.655. The zero-order valence-electron chi connectivity index (χ0n) is 23.2. The molecule has 2 aromatic carbocycles. The molecule has 0 radical (unpaired) electrons. The van der Waals surface area contributed by atoms with Gasteiger partial charge in [0.2, 0.25) is 0 Å². The first-order chi connectivity index (χ1) is 18.1. The SMILES string of the molecule is C/C=C\c1c(-c2ccc(-c3cnc(CNC)[nH]3)cc2)ccc(-c2cnc(CNCCC)[nH]2)c1C.CCC. The minimum atomic E-state index is 0.726. The number of allylic oxidation sites excluding steroid dienone is 1. The van der Waals surface area contributed by atoms with Gasteiger partial charge in [-0.25, -0.2) is 9.97 Å². The van der Waals surface area contributed by atoms with Gasteiger partial charge in [0.25, 0.3) is 0 Å². The zero-order chi connectivity index (χ0) is 26.6. The van der Waals surface area contributed by atoms with Crippen LogP contribution in [0, 0.1) is 6.92 Å². The predicted octanol–water partition coefficient (Wildman–Crippen LogP) is 7.11. The molecule has 0 amide bonds. The second-order valence-electron chi connectivity index (χ2n) is 9.18. The fourth-order valence-electron chi connectivity index (χ4n) is 4.22. The van der Waals surface area contributed by atoms with Gasteiger partial charge in [-0.2, -0.15) is 0 Å². The minimum Gasteiger partial charge on any atom is -0.341 e. The molecule has 0 unspecified atom stereocenters. The second-order valence-corrected chi connectivity index (χ2v) is 9.18. The van der Waals surface area contributed by atoms with E-state index < -0.39 is 0 Å². The molecule has 2 heterocycles. The van der Waals surface area contributed by atoms with Crippen LogP contribution in [0.5, 0.6) is 0 Å². The number of aromatic amines is 2. The fourth-order valence-corrected chi connectivity index (χ4v) is 4.22. The molecule has 4 aromatic rings. The molecule has 0 aliphatic heterocycles. The lowest BCUT2D eigenvalue weighted by atomic mass is 9.91. The molecule has 0 saturated heterocycles. The van der Waals surface area contributed by atoms with Crippen molar-refractivity contribution in [2.24, 2.45) is 0 Å². The highest BCUT2D eigenvalue weighted by Gasteiger charge is 2.13. The van der Waals surface area contributed by atoms with Gasteiger partial charge in [-0.05, 0) is 61.7 Å². The highest BCUT2D eigenvalue weighted by atomic mass is 15.0. The molecule has 196 valence electrons. The third-order valence-corrected chi connectivity index (χ3v) is 5.97. The molecule has 0 saturated carbocycles. The normalized spacial score (nSPS) is 11.1. The van der Waals surface area contributed by atoms with Crippen LogP contribution >= 0.6 is 0 Å². The summed E-state index contributed by atoms with van der Waals surface area (Å²) in [6, 6.07) is 13.1. The third kappa shape index (κ3) is 7.28. The summed E-state index contributed by atoms with van der Waals surface area (Å²) in [6.45, 7) is 13.1. The fraction of sp³-hybridized carbons (Fsp3) is 0.355. The summed E-state index contributed by atoms with van der Waals surface area (Å²) in [5.74, 6) is 1.90. The molecular formula is C31H42N6. The molecule has 0 aliphatic rings. The number of hydrogen-bond acceptors (Lipinski definition) is 4. The largest absolute Gasteiger partial charge is 0.341 e. The second kappa shape index (κ2) is 14.3. The van der Waals surface area contributed by atoms with Crippen LogP contribution in [0.2, 0.25) is 0 Å². The topological polar surface area (TPSA) is 81.4 Å². The summed E-state index contributed by atoms with van der Waals surface area (Å²) in [7, 11) is 1.92. The monoisotopic (exact) mass is 498 g/mol. The Labute approximate surface area is 222 Å². The Balaban J connectivity index is 0.00000121. The van der Waals surface area contributed by atoms with Gasteiger partial charge in [0, 0.05) is 5.56 Å². The van der Waals surface area contributed by atoms with Crippen molar-refractivity contribution in [2.45, 2.75) is 60.5 Å². The van der Waals surface area contributed by atoms with Crippen molar-refractivity contribution in [3.8, 4) is 33.6 Å². The maximum Gasteiger partial charge on any atom is 0.120 e.